The van der Waals surface area contributed by atoms with Gasteiger partial charge in [0.2, 0.25) is 11.7 Å². The van der Waals surface area contributed by atoms with Crippen molar-refractivity contribution in [2.24, 2.45) is 5.92 Å². The number of hydrogen-bond acceptors (Lipinski definition) is 4. The molecular formula is C25H27ClFNO4. The summed E-state index contributed by atoms with van der Waals surface area (Å²) in [6.45, 7) is 4.27. The van der Waals surface area contributed by atoms with Gasteiger partial charge in [-0.15, -0.1) is 11.6 Å². The number of alkyl halides is 1. The van der Waals surface area contributed by atoms with Gasteiger partial charge >= 0.3 is 5.97 Å². The highest BCUT2D eigenvalue weighted by molar-refractivity contribution is 6.18. The maximum atomic E-state index is 13.2. The number of carbonyl (C=O) groups excluding carboxylic acids is 3. The Morgan fingerprint density at radius 3 is 2.31 bits per heavy atom. The standard InChI is InChI=1S/C25H27ClFNO4/c1-3-16-6-5-7-17(4-2)23(16)28-15-19(14-22(28)29)25(31)32-21(12-13-26)24(30)18-8-10-20(27)11-9-18/h5-11,19,21H,3-4,12-15H2,1-2H3/t19-,21+/m1/s1. The number of anilines is 1. The van der Waals surface area contributed by atoms with Crippen LogP contribution in [0.25, 0.3) is 0 Å². The van der Waals surface area contributed by atoms with Crippen LogP contribution in [-0.4, -0.2) is 36.2 Å². The number of esters is 1. The lowest BCUT2D eigenvalue weighted by Crippen LogP contribution is -2.33. The highest BCUT2D eigenvalue weighted by Gasteiger charge is 2.39. The molecule has 3 rings (SSSR count). The molecule has 0 N–H and O–H groups in total. The SMILES string of the molecule is CCc1cccc(CC)c1N1C[C@H](C(=O)O[C@@H](CCCl)C(=O)c2ccc(F)cc2)CC1=O. The Bertz CT molecular complexity index is 970. The lowest BCUT2D eigenvalue weighted by Gasteiger charge is -2.23. The first kappa shape index (κ1) is 23.9. The Morgan fingerprint density at radius 1 is 1.12 bits per heavy atom. The zero-order valence-electron chi connectivity index (χ0n) is 18.3. The number of nitrogens with zero attached hydrogens (tertiary/aromatic N) is 1. The minimum atomic E-state index is -1.08. The molecule has 1 heterocycles. The molecule has 7 heteroatoms. The molecule has 1 saturated heterocycles. The molecule has 0 aliphatic carbocycles. The molecule has 2 atom stereocenters. The molecule has 2 aromatic carbocycles. The molecule has 1 aliphatic heterocycles. The zero-order chi connectivity index (χ0) is 23.3. The summed E-state index contributed by atoms with van der Waals surface area (Å²) >= 11 is 5.82. The van der Waals surface area contributed by atoms with Crippen molar-refractivity contribution >= 4 is 34.9 Å². The third kappa shape index (κ3) is 5.18. The van der Waals surface area contributed by atoms with Crippen LogP contribution in [-0.2, 0) is 27.2 Å². The Hall–Kier alpha value is -2.73. The molecule has 1 aliphatic rings. The van der Waals surface area contributed by atoms with Gasteiger partial charge in [-0.3, -0.25) is 14.4 Å². The van der Waals surface area contributed by atoms with E-state index in [0.29, 0.717) is 0 Å². The van der Waals surface area contributed by atoms with Crippen molar-refractivity contribution in [2.75, 3.05) is 17.3 Å². The number of aryl methyl sites for hydroxylation is 2. The van der Waals surface area contributed by atoms with Gasteiger partial charge in [0.05, 0.1) is 5.92 Å². The highest BCUT2D eigenvalue weighted by Crippen LogP contribution is 2.33. The van der Waals surface area contributed by atoms with Gasteiger partial charge < -0.3 is 9.64 Å². The molecule has 0 spiro atoms. The van der Waals surface area contributed by atoms with Crippen LogP contribution >= 0.6 is 11.6 Å². The molecular weight excluding hydrogens is 433 g/mol. The summed E-state index contributed by atoms with van der Waals surface area (Å²) in [5, 5.41) is 0. The van der Waals surface area contributed by atoms with Crippen LogP contribution in [0.2, 0.25) is 0 Å². The van der Waals surface area contributed by atoms with Gasteiger partial charge in [0.15, 0.2) is 6.10 Å². The fraction of sp³-hybridized carbons (Fsp3) is 0.400. The quantitative estimate of drug-likeness (QED) is 0.309. The predicted octanol–water partition coefficient (Wildman–Crippen LogP) is 4.73. The van der Waals surface area contributed by atoms with Crippen molar-refractivity contribution in [3.63, 3.8) is 0 Å². The van der Waals surface area contributed by atoms with Crippen molar-refractivity contribution in [1.29, 1.82) is 0 Å². The molecule has 0 radical (unpaired) electrons. The molecule has 5 nitrogen and oxygen atoms in total. The summed E-state index contributed by atoms with van der Waals surface area (Å²) in [5.74, 6) is -2.19. The molecule has 0 bridgehead atoms. The monoisotopic (exact) mass is 459 g/mol. The predicted molar refractivity (Wildman–Crippen MR) is 122 cm³/mol. The fourth-order valence-electron chi connectivity index (χ4n) is 4.02. The van der Waals surface area contributed by atoms with Gasteiger partial charge in [-0.1, -0.05) is 32.0 Å². The Morgan fingerprint density at radius 2 is 1.75 bits per heavy atom. The number of benzene rings is 2. The zero-order valence-corrected chi connectivity index (χ0v) is 19.0. The van der Waals surface area contributed by atoms with Crippen molar-refractivity contribution in [3.8, 4) is 0 Å². The second kappa shape index (κ2) is 10.7. The number of amides is 1. The maximum absolute atomic E-state index is 13.2. The van der Waals surface area contributed by atoms with E-state index < -0.39 is 29.6 Å². The fourth-order valence-corrected chi connectivity index (χ4v) is 4.22. The van der Waals surface area contributed by atoms with Crippen LogP contribution in [0.1, 0.15) is 48.2 Å². The number of halogens is 2. The van der Waals surface area contributed by atoms with E-state index in [2.05, 4.69) is 0 Å². The third-order valence-electron chi connectivity index (χ3n) is 5.74. The van der Waals surface area contributed by atoms with Crippen LogP contribution in [0, 0.1) is 11.7 Å². The van der Waals surface area contributed by atoms with Gasteiger partial charge in [-0.05, 0) is 48.2 Å². The number of Topliss-reactive ketones (excluding diaryl/α,β-unsaturated/α-hetero) is 1. The number of ether oxygens (including phenoxy) is 1. The van der Waals surface area contributed by atoms with Crippen LogP contribution in [0.4, 0.5) is 10.1 Å². The topological polar surface area (TPSA) is 63.7 Å². The first-order chi connectivity index (χ1) is 15.4. The Kier molecular flexibility index (Phi) is 8.02. The van der Waals surface area contributed by atoms with Gasteiger partial charge in [0, 0.05) is 36.5 Å². The Balaban J connectivity index is 1.76. The molecule has 2 aromatic rings. The van der Waals surface area contributed by atoms with Crippen LogP contribution in [0.3, 0.4) is 0 Å². The lowest BCUT2D eigenvalue weighted by atomic mass is 10.0. The summed E-state index contributed by atoms with van der Waals surface area (Å²) in [6.07, 6.45) is 0.618. The highest BCUT2D eigenvalue weighted by atomic mass is 35.5. The van der Waals surface area contributed by atoms with Crippen LogP contribution < -0.4 is 4.90 Å². The van der Waals surface area contributed by atoms with E-state index in [1.165, 1.54) is 24.3 Å². The van der Waals surface area contributed by atoms with Crippen LogP contribution in [0.5, 0.6) is 0 Å². The number of para-hydroxylation sites is 1. The Labute approximate surface area is 192 Å². The second-order valence-electron chi connectivity index (χ2n) is 7.81. The summed E-state index contributed by atoms with van der Waals surface area (Å²) in [6, 6.07) is 11.0. The largest absolute Gasteiger partial charge is 0.454 e. The van der Waals surface area contributed by atoms with E-state index in [1.54, 1.807) is 4.90 Å². The molecule has 0 aromatic heterocycles. The van der Waals surface area contributed by atoms with E-state index in [4.69, 9.17) is 16.3 Å². The number of rotatable bonds is 9. The van der Waals surface area contributed by atoms with E-state index >= 15 is 0 Å². The summed E-state index contributed by atoms with van der Waals surface area (Å²) in [5.41, 5.74) is 3.22. The van der Waals surface area contributed by atoms with Crippen LogP contribution in [0.15, 0.2) is 42.5 Å². The molecule has 1 fully saturated rings. The summed E-state index contributed by atoms with van der Waals surface area (Å²) < 4.78 is 18.7. The van der Waals surface area contributed by atoms with Crippen molar-refractivity contribution < 1.29 is 23.5 Å². The molecule has 0 unspecified atom stereocenters. The smallest absolute Gasteiger partial charge is 0.312 e. The number of ketones is 1. The molecule has 0 saturated carbocycles. The molecule has 170 valence electrons. The van der Waals surface area contributed by atoms with E-state index in [-0.39, 0.29) is 36.7 Å². The average molecular weight is 460 g/mol. The van der Waals surface area contributed by atoms with E-state index in [0.717, 1.165) is 29.7 Å². The minimum Gasteiger partial charge on any atom is -0.454 e. The van der Waals surface area contributed by atoms with Gasteiger partial charge in [0.25, 0.3) is 0 Å². The first-order valence-corrected chi connectivity index (χ1v) is 11.4. The number of hydrogen-bond donors (Lipinski definition) is 0. The van der Waals surface area contributed by atoms with Gasteiger partial charge in [-0.2, -0.15) is 0 Å². The maximum Gasteiger partial charge on any atom is 0.312 e. The number of carbonyl (C=O) groups is 3. The van der Waals surface area contributed by atoms with Gasteiger partial charge in [0.1, 0.15) is 5.82 Å². The van der Waals surface area contributed by atoms with E-state index in [1.807, 2.05) is 32.0 Å². The minimum absolute atomic E-state index is 0.0262. The van der Waals surface area contributed by atoms with Crippen molar-refractivity contribution in [3.05, 3.63) is 65.0 Å². The lowest BCUT2D eigenvalue weighted by molar-refractivity contribution is -0.151. The second-order valence-corrected chi connectivity index (χ2v) is 8.19. The normalized spacial score (nSPS) is 16.8. The molecule has 1 amide bonds. The summed E-state index contributed by atoms with van der Waals surface area (Å²) in [7, 11) is 0. The summed E-state index contributed by atoms with van der Waals surface area (Å²) in [4.78, 5) is 40.2. The average Bonchev–Trinajstić information content (AvgIpc) is 3.19. The van der Waals surface area contributed by atoms with Gasteiger partial charge in [-0.25, -0.2) is 4.39 Å². The molecule has 32 heavy (non-hydrogen) atoms. The van der Waals surface area contributed by atoms with Crippen molar-refractivity contribution in [2.45, 2.75) is 45.6 Å². The first-order valence-electron chi connectivity index (χ1n) is 10.9. The van der Waals surface area contributed by atoms with E-state index in [9.17, 15) is 18.8 Å². The van der Waals surface area contributed by atoms with Crippen molar-refractivity contribution in [1.82, 2.24) is 0 Å². The third-order valence-corrected chi connectivity index (χ3v) is 5.96.